The van der Waals surface area contributed by atoms with Gasteiger partial charge in [-0.25, -0.2) is 0 Å². The van der Waals surface area contributed by atoms with Gasteiger partial charge in [-0.05, 0) is 43.5 Å². The molecule has 0 saturated carbocycles. The molecule has 1 atom stereocenters. The summed E-state index contributed by atoms with van der Waals surface area (Å²) in [4.78, 5) is 11.8. The molecule has 1 aliphatic heterocycles. The highest BCUT2D eigenvalue weighted by Gasteiger charge is 2.38. The van der Waals surface area contributed by atoms with E-state index in [0.29, 0.717) is 0 Å². The van der Waals surface area contributed by atoms with Crippen LogP contribution in [-0.2, 0) is 5.54 Å². The number of carbonyl (C=O) groups excluding carboxylic acids is 1. The quantitative estimate of drug-likeness (QED) is 0.687. The van der Waals surface area contributed by atoms with E-state index in [4.69, 9.17) is 5.73 Å². The van der Waals surface area contributed by atoms with E-state index in [1.54, 1.807) is 0 Å². The number of nitrogen functional groups attached to an aromatic ring is 1. The van der Waals surface area contributed by atoms with E-state index in [0.717, 1.165) is 28.8 Å². The third-order valence-electron chi connectivity index (χ3n) is 3.28. The van der Waals surface area contributed by atoms with Gasteiger partial charge in [0.05, 0.1) is 5.54 Å². The largest absolute Gasteiger partial charge is 0.399 e. The highest BCUT2D eigenvalue weighted by Crippen LogP contribution is 2.36. The zero-order chi connectivity index (χ0) is 11.2. The SMILES string of the molecule is CCC1(C)NC(=O)c2c(C)cc(N)cc21. The maximum atomic E-state index is 11.8. The van der Waals surface area contributed by atoms with Gasteiger partial charge in [-0.15, -0.1) is 0 Å². The first-order valence-corrected chi connectivity index (χ1v) is 5.21. The Kier molecular flexibility index (Phi) is 2.00. The Morgan fingerprint density at radius 1 is 1.47 bits per heavy atom. The van der Waals surface area contributed by atoms with E-state index >= 15 is 0 Å². The van der Waals surface area contributed by atoms with Crippen molar-refractivity contribution in [1.29, 1.82) is 0 Å². The number of amides is 1. The molecular formula is C12H16N2O. The fraction of sp³-hybridized carbons (Fsp3) is 0.417. The number of hydrogen-bond donors (Lipinski definition) is 2. The second-order valence-corrected chi connectivity index (χ2v) is 4.40. The van der Waals surface area contributed by atoms with Gasteiger partial charge in [0.1, 0.15) is 0 Å². The van der Waals surface area contributed by atoms with Crippen LogP contribution in [0.1, 0.15) is 41.8 Å². The molecule has 0 bridgehead atoms. The number of anilines is 1. The Morgan fingerprint density at radius 3 is 2.73 bits per heavy atom. The van der Waals surface area contributed by atoms with Crippen molar-refractivity contribution >= 4 is 11.6 Å². The van der Waals surface area contributed by atoms with Crippen LogP contribution in [-0.4, -0.2) is 5.91 Å². The van der Waals surface area contributed by atoms with Crippen molar-refractivity contribution < 1.29 is 4.79 Å². The Hall–Kier alpha value is -1.51. The molecule has 2 rings (SSSR count). The summed E-state index contributed by atoms with van der Waals surface area (Å²) in [5, 5.41) is 3.02. The Balaban J connectivity index is 2.71. The van der Waals surface area contributed by atoms with Gasteiger partial charge < -0.3 is 11.1 Å². The molecule has 1 aromatic carbocycles. The Bertz CT molecular complexity index is 439. The number of rotatable bonds is 1. The third-order valence-corrected chi connectivity index (χ3v) is 3.28. The van der Waals surface area contributed by atoms with Crippen molar-refractivity contribution in [2.45, 2.75) is 32.7 Å². The molecule has 3 N–H and O–H groups in total. The molecule has 0 fully saturated rings. The molecule has 0 spiro atoms. The molecule has 0 aliphatic carbocycles. The molecule has 15 heavy (non-hydrogen) atoms. The summed E-state index contributed by atoms with van der Waals surface area (Å²) in [6.07, 6.45) is 0.870. The molecule has 1 aromatic rings. The van der Waals surface area contributed by atoms with Crippen molar-refractivity contribution in [3.63, 3.8) is 0 Å². The topological polar surface area (TPSA) is 55.1 Å². The lowest BCUT2D eigenvalue weighted by atomic mass is 9.88. The molecule has 1 unspecified atom stereocenters. The van der Waals surface area contributed by atoms with Crippen molar-refractivity contribution in [1.82, 2.24) is 5.32 Å². The van der Waals surface area contributed by atoms with E-state index in [2.05, 4.69) is 12.2 Å². The number of benzene rings is 1. The minimum Gasteiger partial charge on any atom is -0.399 e. The first-order chi connectivity index (χ1) is 6.98. The zero-order valence-electron chi connectivity index (χ0n) is 9.35. The lowest BCUT2D eigenvalue weighted by molar-refractivity contribution is 0.0933. The fourth-order valence-electron chi connectivity index (χ4n) is 2.21. The van der Waals surface area contributed by atoms with Gasteiger partial charge >= 0.3 is 0 Å². The number of aryl methyl sites for hydroxylation is 1. The van der Waals surface area contributed by atoms with Crippen LogP contribution in [0, 0.1) is 6.92 Å². The van der Waals surface area contributed by atoms with Crippen molar-refractivity contribution in [3.8, 4) is 0 Å². The molecule has 3 nitrogen and oxygen atoms in total. The van der Waals surface area contributed by atoms with E-state index in [-0.39, 0.29) is 11.4 Å². The summed E-state index contributed by atoms with van der Waals surface area (Å²) >= 11 is 0. The number of carbonyl (C=O) groups is 1. The van der Waals surface area contributed by atoms with E-state index in [1.807, 2.05) is 26.0 Å². The third kappa shape index (κ3) is 1.30. The van der Waals surface area contributed by atoms with Crippen LogP contribution in [0.5, 0.6) is 0 Å². The van der Waals surface area contributed by atoms with Crippen LogP contribution in [0.2, 0.25) is 0 Å². The van der Waals surface area contributed by atoms with Gasteiger partial charge in [-0.2, -0.15) is 0 Å². The normalized spacial score (nSPS) is 23.8. The van der Waals surface area contributed by atoms with E-state index in [1.165, 1.54) is 0 Å². The monoisotopic (exact) mass is 204 g/mol. The van der Waals surface area contributed by atoms with Gasteiger partial charge in [-0.1, -0.05) is 6.92 Å². The summed E-state index contributed by atoms with van der Waals surface area (Å²) < 4.78 is 0. The number of fused-ring (bicyclic) bond motifs is 1. The smallest absolute Gasteiger partial charge is 0.252 e. The minimum absolute atomic E-state index is 0.0202. The summed E-state index contributed by atoms with van der Waals surface area (Å²) in [6, 6.07) is 3.75. The Morgan fingerprint density at radius 2 is 2.13 bits per heavy atom. The molecule has 3 heteroatoms. The summed E-state index contributed by atoms with van der Waals surface area (Å²) in [6.45, 7) is 6.03. The number of nitrogens with one attached hydrogen (secondary N) is 1. The first kappa shape index (κ1) is 10.0. The van der Waals surface area contributed by atoms with Crippen molar-refractivity contribution in [2.24, 2.45) is 0 Å². The Labute approximate surface area is 89.7 Å². The standard InChI is InChI=1S/C12H16N2O/c1-4-12(3)9-6-8(13)5-7(2)10(9)11(15)14-12/h5-6H,4,13H2,1-3H3,(H,14,15). The van der Waals surface area contributed by atoms with Crippen LogP contribution < -0.4 is 11.1 Å². The zero-order valence-corrected chi connectivity index (χ0v) is 9.35. The summed E-state index contributed by atoms with van der Waals surface area (Å²) in [5.74, 6) is 0.0202. The maximum Gasteiger partial charge on any atom is 0.252 e. The molecule has 0 saturated heterocycles. The average molecular weight is 204 g/mol. The lowest BCUT2D eigenvalue weighted by Gasteiger charge is -2.23. The first-order valence-electron chi connectivity index (χ1n) is 5.21. The van der Waals surface area contributed by atoms with Gasteiger partial charge in [0.2, 0.25) is 0 Å². The second-order valence-electron chi connectivity index (χ2n) is 4.40. The molecule has 1 amide bonds. The molecule has 0 aromatic heterocycles. The molecular weight excluding hydrogens is 188 g/mol. The molecule has 80 valence electrons. The van der Waals surface area contributed by atoms with E-state index in [9.17, 15) is 4.79 Å². The van der Waals surface area contributed by atoms with Crippen LogP contribution >= 0.6 is 0 Å². The van der Waals surface area contributed by atoms with Gasteiger partial charge in [0.25, 0.3) is 5.91 Å². The van der Waals surface area contributed by atoms with E-state index < -0.39 is 0 Å². The second kappa shape index (κ2) is 2.99. The summed E-state index contributed by atoms with van der Waals surface area (Å²) in [5.41, 5.74) is 9.07. The average Bonchev–Trinajstić information content (AvgIpc) is 2.39. The van der Waals surface area contributed by atoms with Crippen LogP contribution in [0.15, 0.2) is 12.1 Å². The van der Waals surface area contributed by atoms with Crippen molar-refractivity contribution in [3.05, 3.63) is 28.8 Å². The highest BCUT2D eigenvalue weighted by molar-refractivity contribution is 6.01. The molecule has 1 heterocycles. The van der Waals surface area contributed by atoms with Crippen LogP contribution in [0.3, 0.4) is 0 Å². The number of nitrogens with two attached hydrogens (primary N) is 1. The minimum atomic E-state index is -0.257. The van der Waals surface area contributed by atoms with Gasteiger partial charge in [0, 0.05) is 11.3 Å². The maximum absolute atomic E-state index is 11.8. The summed E-state index contributed by atoms with van der Waals surface area (Å²) in [7, 11) is 0. The predicted molar refractivity (Wildman–Crippen MR) is 60.7 cm³/mol. The van der Waals surface area contributed by atoms with Gasteiger partial charge in [0.15, 0.2) is 0 Å². The van der Waals surface area contributed by atoms with Gasteiger partial charge in [-0.3, -0.25) is 4.79 Å². The highest BCUT2D eigenvalue weighted by atomic mass is 16.2. The van der Waals surface area contributed by atoms with Crippen LogP contribution in [0.4, 0.5) is 5.69 Å². The lowest BCUT2D eigenvalue weighted by Crippen LogP contribution is -2.35. The molecule has 0 radical (unpaired) electrons. The van der Waals surface area contributed by atoms with Crippen molar-refractivity contribution in [2.75, 3.05) is 5.73 Å². The van der Waals surface area contributed by atoms with Crippen LogP contribution in [0.25, 0.3) is 0 Å². The number of hydrogen-bond acceptors (Lipinski definition) is 2. The predicted octanol–water partition coefficient (Wildman–Crippen LogP) is 1.95. The molecule has 1 aliphatic rings. The fourth-order valence-corrected chi connectivity index (χ4v) is 2.21.